The molecule has 1 heterocycles. The van der Waals surface area contributed by atoms with Gasteiger partial charge in [0.2, 0.25) is 0 Å². The normalized spacial score (nSPS) is 11.2. The summed E-state index contributed by atoms with van der Waals surface area (Å²) in [4.78, 5) is 8.88. The maximum absolute atomic E-state index is 13.0. The van der Waals surface area contributed by atoms with Gasteiger partial charge in [0.15, 0.2) is 0 Å². The van der Waals surface area contributed by atoms with Gasteiger partial charge in [-0.15, -0.1) is 0 Å². The van der Waals surface area contributed by atoms with E-state index in [0.717, 1.165) is 22.0 Å². The van der Waals surface area contributed by atoms with Gasteiger partial charge in [0, 0.05) is 17.3 Å². The number of nitrogens with one attached hydrogen (secondary N) is 2. The molecule has 0 bridgehead atoms. The quantitative estimate of drug-likeness (QED) is 0.302. The SMILES string of the molecule is COc1ccccc1NS(=O)(=O)c1cccc(Nc2cc(-c3cccc4ccccc34)ncn2)c1. The van der Waals surface area contributed by atoms with Gasteiger partial charge in [0.1, 0.15) is 17.9 Å². The first-order valence-electron chi connectivity index (χ1n) is 10.9. The molecule has 0 spiro atoms. The van der Waals surface area contributed by atoms with Gasteiger partial charge >= 0.3 is 0 Å². The number of hydrogen-bond acceptors (Lipinski definition) is 6. The van der Waals surface area contributed by atoms with Crippen LogP contribution >= 0.6 is 0 Å². The highest BCUT2D eigenvalue weighted by atomic mass is 32.2. The molecule has 8 heteroatoms. The molecule has 0 amide bonds. The number of anilines is 3. The summed E-state index contributed by atoms with van der Waals surface area (Å²) in [6, 6.07) is 29.4. The molecule has 0 fully saturated rings. The zero-order chi connectivity index (χ0) is 24.3. The number of benzene rings is 4. The molecule has 4 aromatic carbocycles. The highest BCUT2D eigenvalue weighted by Gasteiger charge is 2.17. The summed E-state index contributed by atoms with van der Waals surface area (Å²) in [6.07, 6.45) is 1.49. The van der Waals surface area contributed by atoms with Crippen LogP contribution in [0.15, 0.2) is 108 Å². The van der Waals surface area contributed by atoms with E-state index in [1.165, 1.54) is 19.5 Å². The summed E-state index contributed by atoms with van der Waals surface area (Å²) in [7, 11) is -2.35. The second-order valence-corrected chi connectivity index (χ2v) is 9.46. The molecule has 0 aliphatic carbocycles. The number of ether oxygens (including phenoxy) is 1. The van der Waals surface area contributed by atoms with Crippen LogP contribution in [-0.2, 0) is 10.0 Å². The Balaban J connectivity index is 1.42. The number of para-hydroxylation sites is 2. The highest BCUT2D eigenvalue weighted by Crippen LogP contribution is 2.30. The Hall–Kier alpha value is -4.43. The van der Waals surface area contributed by atoms with E-state index in [9.17, 15) is 8.42 Å². The van der Waals surface area contributed by atoms with Crippen molar-refractivity contribution in [2.45, 2.75) is 4.90 Å². The fourth-order valence-electron chi connectivity index (χ4n) is 3.84. The smallest absolute Gasteiger partial charge is 0.262 e. The van der Waals surface area contributed by atoms with Crippen LogP contribution in [-0.4, -0.2) is 25.5 Å². The largest absolute Gasteiger partial charge is 0.495 e. The average Bonchev–Trinajstić information content (AvgIpc) is 2.89. The van der Waals surface area contributed by atoms with E-state index in [1.54, 1.807) is 42.5 Å². The van der Waals surface area contributed by atoms with Gasteiger partial charge in [-0.1, -0.05) is 60.7 Å². The van der Waals surface area contributed by atoms with Crippen molar-refractivity contribution in [2.75, 3.05) is 17.1 Å². The number of nitrogens with zero attached hydrogens (tertiary/aromatic N) is 2. The first kappa shape index (κ1) is 22.4. The Labute approximate surface area is 203 Å². The van der Waals surface area contributed by atoms with Crippen molar-refractivity contribution < 1.29 is 13.2 Å². The van der Waals surface area contributed by atoms with Gasteiger partial charge in [-0.25, -0.2) is 18.4 Å². The van der Waals surface area contributed by atoms with Crippen molar-refractivity contribution in [3.8, 4) is 17.0 Å². The number of fused-ring (bicyclic) bond motifs is 1. The minimum absolute atomic E-state index is 0.108. The first-order chi connectivity index (χ1) is 17.0. The summed E-state index contributed by atoms with van der Waals surface area (Å²) in [6.45, 7) is 0. The molecule has 0 aliphatic rings. The molecule has 2 N–H and O–H groups in total. The van der Waals surface area contributed by atoms with Crippen molar-refractivity contribution in [1.29, 1.82) is 0 Å². The molecule has 1 aromatic heterocycles. The van der Waals surface area contributed by atoms with E-state index in [2.05, 4.69) is 38.2 Å². The second-order valence-electron chi connectivity index (χ2n) is 7.77. The third kappa shape index (κ3) is 4.78. The van der Waals surface area contributed by atoms with E-state index < -0.39 is 10.0 Å². The van der Waals surface area contributed by atoms with Crippen molar-refractivity contribution >= 4 is 38.0 Å². The predicted octanol–water partition coefficient (Wildman–Crippen LogP) is 5.85. The second kappa shape index (κ2) is 9.44. The number of sulfonamides is 1. The number of aromatic nitrogens is 2. The van der Waals surface area contributed by atoms with Crippen molar-refractivity contribution in [1.82, 2.24) is 9.97 Å². The standard InChI is InChI=1S/C27H22N4O3S/c1-34-26-15-5-4-14-24(26)31-35(32,33)21-11-7-10-20(16-21)30-27-17-25(28-18-29-27)23-13-6-9-19-8-2-3-12-22(19)23/h2-18,31H,1H3,(H,28,29,30). The Morgan fingerprint density at radius 1 is 0.800 bits per heavy atom. The van der Waals surface area contributed by atoms with Crippen LogP contribution in [0.25, 0.3) is 22.0 Å². The molecular weight excluding hydrogens is 460 g/mol. The van der Waals surface area contributed by atoms with Crippen molar-refractivity contribution in [3.05, 3.63) is 103 Å². The minimum atomic E-state index is -3.84. The maximum Gasteiger partial charge on any atom is 0.262 e. The van der Waals surface area contributed by atoms with Crippen LogP contribution in [0, 0.1) is 0 Å². The van der Waals surface area contributed by atoms with E-state index in [4.69, 9.17) is 4.74 Å². The summed E-state index contributed by atoms with van der Waals surface area (Å²) in [5, 5.41) is 5.41. The van der Waals surface area contributed by atoms with E-state index in [-0.39, 0.29) is 4.90 Å². The molecule has 0 saturated heterocycles. The zero-order valence-corrected chi connectivity index (χ0v) is 19.7. The minimum Gasteiger partial charge on any atom is -0.495 e. The molecule has 0 aliphatic heterocycles. The lowest BCUT2D eigenvalue weighted by Crippen LogP contribution is -2.13. The Morgan fingerprint density at radius 2 is 1.57 bits per heavy atom. The van der Waals surface area contributed by atoms with E-state index in [1.807, 2.05) is 30.3 Å². The topological polar surface area (TPSA) is 93.2 Å². The molecule has 0 unspecified atom stereocenters. The Morgan fingerprint density at radius 3 is 2.46 bits per heavy atom. The molecular formula is C27H22N4O3S. The van der Waals surface area contributed by atoms with Gasteiger partial charge in [-0.3, -0.25) is 4.72 Å². The third-order valence-electron chi connectivity index (χ3n) is 5.50. The number of hydrogen-bond donors (Lipinski definition) is 2. The van der Waals surface area contributed by atoms with Crippen LogP contribution in [0.4, 0.5) is 17.2 Å². The highest BCUT2D eigenvalue weighted by molar-refractivity contribution is 7.92. The first-order valence-corrected chi connectivity index (χ1v) is 12.3. The molecule has 5 rings (SSSR count). The Kier molecular flexibility index (Phi) is 6.03. The summed E-state index contributed by atoms with van der Waals surface area (Å²) in [5.41, 5.74) is 2.70. The summed E-state index contributed by atoms with van der Waals surface area (Å²) < 4.78 is 33.9. The number of methoxy groups -OCH3 is 1. The van der Waals surface area contributed by atoms with Gasteiger partial charge in [-0.05, 0) is 41.1 Å². The van der Waals surface area contributed by atoms with E-state index >= 15 is 0 Å². The van der Waals surface area contributed by atoms with Crippen molar-refractivity contribution in [2.24, 2.45) is 0 Å². The van der Waals surface area contributed by atoms with Gasteiger partial charge < -0.3 is 10.1 Å². The molecule has 0 atom stereocenters. The van der Waals surface area contributed by atoms with Crippen LogP contribution in [0.5, 0.6) is 5.75 Å². The molecule has 0 saturated carbocycles. The van der Waals surface area contributed by atoms with Gasteiger partial charge in [0.25, 0.3) is 10.0 Å². The van der Waals surface area contributed by atoms with Crippen LogP contribution in [0.3, 0.4) is 0 Å². The maximum atomic E-state index is 13.0. The van der Waals surface area contributed by atoms with Crippen LogP contribution in [0.2, 0.25) is 0 Å². The number of rotatable bonds is 7. The van der Waals surface area contributed by atoms with E-state index in [0.29, 0.717) is 22.9 Å². The fourth-order valence-corrected chi connectivity index (χ4v) is 4.96. The Bertz CT molecular complexity index is 1620. The summed E-state index contributed by atoms with van der Waals surface area (Å²) in [5.74, 6) is 0.988. The molecule has 35 heavy (non-hydrogen) atoms. The predicted molar refractivity (Wildman–Crippen MR) is 139 cm³/mol. The molecule has 0 radical (unpaired) electrons. The average molecular weight is 483 g/mol. The molecule has 174 valence electrons. The molecule has 5 aromatic rings. The van der Waals surface area contributed by atoms with Crippen LogP contribution in [0.1, 0.15) is 0 Å². The lowest BCUT2D eigenvalue weighted by Gasteiger charge is -2.13. The lowest BCUT2D eigenvalue weighted by atomic mass is 10.0. The zero-order valence-electron chi connectivity index (χ0n) is 18.8. The van der Waals surface area contributed by atoms with Gasteiger partial charge in [0.05, 0.1) is 23.4 Å². The van der Waals surface area contributed by atoms with Crippen LogP contribution < -0.4 is 14.8 Å². The molecule has 7 nitrogen and oxygen atoms in total. The fraction of sp³-hybridized carbons (Fsp3) is 0.0370. The monoisotopic (exact) mass is 482 g/mol. The third-order valence-corrected chi connectivity index (χ3v) is 6.86. The lowest BCUT2D eigenvalue weighted by molar-refractivity contribution is 0.417. The summed E-state index contributed by atoms with van der Waals surface area (Å²) >= 11 is 0. The van der Waals surface area contributed by atoms with Crippen molar-refractivity contribution in [3.63, 3.8) is 0 Å². The van der Waals surface area contributed by atoms with Gasteiger partial charge in [-0.2, -0.15) is 0 Å².